The van der Waals surface area contributed by atoms with Crippen LogP contribution in [0.1, 0.15) is 10.4 Å². The molecule has 2 rings (SSSR count). The van der Waals surface area contributed by atoms with Crippen molar-refractivity contribution in [2.24, 2.45) is 0 Å². The van der Waals surface area contributed by atoms with Gasteiger partial charge >= 0.3 is 5.97 Å². The maximum Gasteiger partial charge on any atom is 0.337 e. The second-order valence-corrected chi connectivity index (χ2v) is 5.47. The maximum atomic E-state index is 11.3. The van der Waals surface area contributed by atoms with Crippen LogP contribution in [0.4, 0.5) is 0 Å². The van der Waals surface area contributed by atoms with Crippen molar-refractivity contribution in [1.82, 2.24) is 0 Å². The Morgan fingerprint density at radius 1 is 1.05 bits per heavy atom. The van der Waals surface area contributed by atoms with Crippen LogP contribution in [0.3, 0.4) is 0 Å². The fourth-order valence-corrected chi connectivity index (χ4v) is 2.80. The van der Waals surface area contributed by atoms with Gasteiger partial charge in [-0.3, -0.25) is 0 Å². The average Bonchev–Trinajstić information content (AvgIpc) is 2.47. The third-order valence-corrected chi connectivity index (χ3v) is 3.93. The second-order valence-electron chi connectivity index (χ2n) is 3.91. The van der Waals surface area contributed by atoms with Crippen LogP contribution >= 0.6 is 23.4 Å². The summed E-state index contributed by atoms with van der Waals surface area (Å²) in [5, 5.41) is 0.573. The molecular weight excluding hydrogens is 296 g/mol. The molecule has 5 heteroatoms. The molecule has 0 radical (unpaired) electrons. The standard InChI is InChI=1S/C15H13ClO3S/c1-18-14-8-7-12(9-13(14)16)20-11-5-3-10(4-6-11)15(17)19-2/h3-9H,1-2H3. The van der Waals surface area contributed by atoms with Crippen LogP contribution in [0, 0.1) is 0 Å². The lowest BCUT2D eigenvalue weighted by Gasteiger charge is -2.06. The highest BCUT2D eigenvalue weighted by Gasteiger charge is 2.06. The van der Waals surface area contributed by atoms with E-state index in [0.717, 1.165) is 9.79 Å². The molecule has 104 valence electrons. The first-order chi connectivity index (χ1) is 9.63. The number of methoxy groups -OCH3 is 2. The molecule has 0 saturated carbocycles. The van der Waals surface area contributed by atoms with E-state index in [4.69, 9.17) is 16.3 Å². The summed E-state index contributed by atoms with van der Waals surface area (Å²) < 4.78 is 9.77. The first-order valence-corrected chi connectivity index (χ1v) is 7.03. The van der Waals surface area contributed by atoms with Crippen LogP contribution in [-0.2, 0) is 4.74 Å². The summed E-state index contributed by atoms with van der Waals surface area (Å²) in [5.74, 6) is 0.311. The van der Waals surface area contributed by atoms with Gasteiger partial charge in [-0.15, -0.1) is 0 Å². The molecule has 0 aliphatic carbocycles. The molecule has 0 heterocycles. The summed E-state index contributed by atoms with van der Waals surface area (Å²) in [7, 11) is 2.95. The lowest BCUT2D eigenvalue weighted by Crippen LogP contribution is -2.00. The fourth-order valence-electron chi connectivity index (χ4n) is 1.62. The van der Waals surface area contributed by atoms with E-state index in [2.05, 4.69) is 4.74 Å². The highest BCUT2D eigenvalue weighted by Crippen LogP contribution is 2.33. The highest BCUT2D eigenvalue weighted by atomic mass is 35.5. The molecule has 20 heavy (non-hydrogen) atoms. The Labute approximate surface area is 126 Å². The van der Waals surface area contributed by atoms with E-state index in [-0.39, 0.29) is 5.97 Å². The fraction of sp³-hybridized carbons (Fsp3) is 0.133. The van der Waals surface area contributed by atoms with Crippen molar-refractivity contribution in [2.45, 2.75) is 9.79 Å². The smallest absolute Gasteiger partial charge is 0.337 e. The molecule has 0 fully saturated rings. The number of carbonyl (C=O) groups is 1. The Balaban J connectivity index is 2.14. The number of carbonyl (C=O) groups excluding carboxylic acids is 1. The van der Waals surface area contributed by atoms with E-state index in [9.17, 15) is 4.79 Å². The second kappa shape index (κ2) is 6.68. The van der Waals surface area contributed by atoms with E-state index in [1.165, 1.54) is 7.11 Å². The van der Waals surface area contributed by atoms with Gasteiger partial charge in [0.1, 0.15) is 5.75 Å². The number of halogens is 1. The quantitative estimate of drug-likeness (QED) is 0.790. The molecule has 0 aliphatic heterocycles. The van der Waals surface area contributed by atoms with Crippen molar-refractivity contribution >= 4 is 29.3 Å². The zero-order valence-corrected chi connectivity index (χ0v) is 12.6. The predicted octanol–water partition coefficient (Wildman–Crippen LogP) is 4.29. The van der Waals surface area contributed by atoms with E-state index in [0.29, 0.717) is 16.3 Å². The summed E-state index contributed by atoms with van der Waals surface area (Å²) >= 11 is 7.64. The maximum absolute atomic E-state index is 11.3. The van der Waals surface area contributed by atoms with E-state index >= 15 is 0 Å². The van der Waals surface area contributed by atoms with Crippen LogP contribution < -0.4 is 4.74 Å². The van der Waals surface area contributed by atoms with Crippen LogP contribution in [0.5, 0.6) is 5.75 Å². The topological polar surface area (TPSA) is 35.5 Å². The molecule has 0 atom stereocenters. The predicted molar refractivity (Wildman–Crippen MR) is 79.9 cm³/mol. The van der Waals surface area contributed by atoms with Crippen LogP contribution in [0.15, 0.2) is 52.3 Å². The largest absolute Gasteiger partial charge is 0.495 e. The van der Waals surface area contributed by atoms with Crippen LogP contribution in [0.2, 0.25) is 5.02 Å². The Morgan fingerprint density at radius 3 is 2.25 bits per heavy atom. The van der Waals surface area contributed by atoms with Crippen molar-refractivity contribution in [2.75, 3.05) is 14.2 Å². The van der Waals surface area contributed by atoms with Crippen molar-refractivity contribution in [3.05, 3.63) is 53.1 Å². The Hall–Kier alpha value is -1.65. The molecular formula is C15H13ClO3S. The first kappa shape index (κ1) is 14.8. The number of benzene rings is 2. The summed E-state index contributed by atoms with van der Waals surface area (Å²) in [6, 6.07) is 12.8. The number of esters is 1. The summed E-state index contributed by atoms with van der Waals surface area (Å²) in [4.78, 5) is 13.4. The number of hydrogen-bond acceptors (Lipinski definition) is 4. The first-order valence-electron chi connectivity index (χ1n) is 5.84. The monoisotopic (exact) mass is 308 g/mol. The molecule has 0 spiro atoms. The number of ether oxygens (including phenoxy) is 2. The summed E-state index contributed by atoms with van der Waals surface area (Å²) in [6.07, 6.45) is 0. The molecule has 0 aromatic heterocycles. The molecule has 0 N–H and O–H groups in total. The average molecular weight is 309 g/mol. The minimum atomic E-state index is -0.339. The number of rotatable bonds is 4. The molecule has 2 aromatic carbocycles. The van der Waals surface area contributed by atoms with Crippen molar-refractivity contribution < 1.29 is 14.3 Å². The molecule has 0 aliphatic rings. The zero-order valence-electron chi connectivity index (χ0n) is 11.1. The van der Waals surface area contributed by atoms with Crippen LogP contribution in [0.25, 0.3) is 0 Å². The Kier molecular flexibility index (Phi) is 4.93. The molecule has 2 aromatic rings. The van der Waals surface area contributed by atoms with Gasteiger partial charge in [0.2, 0.25) is 0 Å². The lowest BCUT2D eigenvalue weighted by atomic mass is 10.2. The van der Waals surface area contributed by atoms with Gasteiger partial charge in [-0.1, -0.05) is 23.4 Å². The summed E-state index contributed by atoms with van der Waals surface area (Å²) in [5.41, 5.74) is 0.532. The van der Waals surface area contributed by atoms with Gasteiger partial charge < -0.3 is 9.47 Å². The SMILES string of the molecule is COC(=O)c1ccc(Sc2ccc(OC)c(Cl)c2)cc1. The van der Waals surface area contributed by atoms with Gasteiger partial charge in [-0.05, 0) is 42.5 Å². The zero-order chi connectivity index (χ0) is 14.5. The lowest BCUT2D eigenvalue weighted by molar-refractivity contribution is 0.0600. The molecule has 0 amide bonds. The molecule has 0 unspecified atom stereocenters. The van der Waals surface area contributed by atoms with E-state index in [1.807, 2.05) is 30.3 Å². The molecule has 0 saturated heterocycles. The minimum Gasteiger partial charge on any atom is -0.495 e. The normalized spacial score (nSPS) is 10.2. The molecule has 0 bridgehead atoms. The Morgan fingerprint density at radius 2 is 1.70 bits per heavy atom. The minimum absolute atomic E-state index is 0.339. The van der Waals surface area contributed by atoms with Gasteiger partial charge in [0.25, 0.3) is 0 Å². The van der Waals surface area contributed by atoms with Crippen LogP contribution in [-0.4, -0.2) is 20.2 Å². The third-order valence-electron chi connectivity index (χ3n) is 2.63. The molecule has 3 nitrogen and oxygen atoms in total. The van der Waals surface area contributed by atoms with E-state index < -0.39 is 0 Å². The third kappa shape index (κ3) is 3.46. The highest BCUT2D eigenvalue weighted by molar-refractivity contribution is 7.99. The van der Waals surface area contributed by atoms with Crippen molar-refractivity contribution in [1.29, 1.82) is 0 Å². The van der Waals surface area contributed by atoms with Gasteiger partial charge in [-0.2, -0.15) is 0 Å². The van der Waals surface area contributed by atoms with Gasteiger partial charge in [0.05, 0.1) is 24.8 Å². The van der Waals surface area contributed by atoms with Gasteiger partial charge in [-0.25, -0.2) is 4.79 Å². The summed E-state index contributed by atoms with van der Waals surface area (Å²) in [6.45, 7) is 0. The number of hydrogen-bond donors (Lipinski definition) is 0. The van der Waals surface area contributed by atoms with E-state index in [1.54, 1.807) is 31.0 Å². The van der Waals surface area contributed by atoms with Crippen molar-refractivity contribution in [3.63, 3.8) is 0 Å². The Bertz CT molecular complexity index is 611. The van der Waals surface area contributed by atoms with Gasteiger partial charge in [0.15, 0.2) is 0 Å². The van der Waals surface area contributed by atoms with Crippen molar-refractivity contribution in [3.8, 4) is 5.75 Å². The van der Waals surface area contributed by atoms with Gasteiger partial charge in [0, 0.05) is 9.79 Å².